The van der Waals surface area contributed by atoms with E-state index in [1.54, 1.807) is 36.4 Å². The number of rotatable bonds is 5. The lowest BCUT2D eigenvalue weighted by Crippen LogP contribution is -2.23. The van der Waals surface area contributed by atoms with E-state index < -0.39 is 0 Å². The molecule has 2 aromatic rings. The summed E-state index contributed by atoms with van der Waals surface area (Å²) in [7, 11) is 0. The quantitative estimate of drug-likeness (QED) is 0.891. The Morgan fingerprint density at radius 3 is 2.52 bits per heavy atom. The number of amides is 2. The van der Waals surface area contributed by atoms with Crippen LogP contribution in [0.25, 0.3) is 0 Å². The molecule has 3 rings (SSSR count). The van der Waals surface area contributed by atoms with Gasteiger partial charge in [0, 0.05) is 23.7 Å². The summed E-state index contributed by atoms with van der Waals surface area (Å²) >= 11 is 0. The van der Waals surface area contributed by atoms with Crippen molar-refractivity contribution in [3.63, 3.8) is 0 Å². The predicted octanol–water partition coefficient (Wildman–Crippen LogP) is 3.10. The highest BCUT2D eigenvalue weighted by Crippen LogP contribution is 2.30. The van der Waals surface area contributed by atoms with Crippen molar-refractivity contribution in [1.29, 1.82) is 0 Å². The van der Waals surface area contributed by atoms with Gasteiger partial charge in [0.25, 0.3) is 5.91 Å². The van der Waals surface area contributed by atoms with Gasteiger partial charge in [-0.15, -0.1) is 0 Å². The van der Waals surface area contributed by atoms with Crippen molar-refractivity contribution < 1.29 is 14.0 Å². The second-order valence-electron chi connectivity index (χ2n) is 5.65. The lowest BCUT2D eigenvalue weighted by Gasteiger charge is -2.08. The lowest BCUT2D eigenvalue weighted by molar-refractivity contribution is -0.117. The van der Waals surface area contributed by atoms with Crippen molar-refractivity contribution in [3.05, 3.63) is 65.5 Å². The highest BCUT2D eigenvalue weighted by atomic mass is 19.1. The number of carbonyl (C=O) groups excluding carboxylic acids is 2. The molecule has 118 valence electrons. The average Bonchev–Trinajstić information content (AvgIpc) is 3.39. The van der Waals surface area contributed by atoms with Crippen LogP contribution >= 0.6 is 0 Å². The summed E-state index contributed by atoms with van der Waals surface area (Å²) < 4.78 is 12.8. The largest absolute Gasteiger partial charge is 0.348 e. The Labute approximate surface area is 133 Å². The first-order valence-electron chi connectivity index (χ1n) is 7.55. The first-order chi connectivity index (χ1) is 11.1. The van der Waals surface area contributed by atoms with Gasteiger partial charge in [0.15, 0.2) is 0 Å². The van der Waals surface area contributed by atoms with Gasteiger partial charge >= 0.3 is 0 Å². The number of hydrogen-bond donors (Lipinski definition) is 2. The maximum absolute atomic E-state index is 12.8. The summed E-state index contributed by atoms with van der Waals surface area (Å²) in [4.78, 5) is 23.9. The van der Waals surface area contributed by atoms with Gasteiger partial charge in [-0.2, -0.15) is 0 Å². The van der Waals surface area contributed by atoms with Gasteiger partial charge in [-0.25, -0.2) is 4.39 Å². The Balaban J connectivity index is 1.60. The molecular formula is C18H17FN2O2. The number of carbonyl (C=O) groups is 2. The van der Waals surface area contributed by atoms with Crippen LogP contribution in [0.4, 0.5) is 10.1 Å². The molecule has 2 N–H and O–H groups in total. The molecule has 0 unspecified atom stereocenters. The summed E-state index contributed by atoms with van der Waals surface area (Å²) in [5, 5.41) is 5.59. The van der Waals surface area contributed by atoms with E-state index >= 15 is 0 Å². The first-order valence-corrected chi connectivity index (χ1v) is 7.55. The number of nitrogens with one attached hydrogen (secondary N) is 2. The Bertz CT molecular complexity index is 724. The van der Waals surface area contributed by atoms with E-state index in [0.29, 0.717) is 17.8 Å². The molecule has 0 aliphatic heterocycles. The van der Waals surface area contributed by atoms with E-state index in [1.807, 2.05) is 0 Å². The second-order valence-corrected chi connectivity index (χ2v) is 5.65. The normalized spacial score (nSPS) is 13.4. The summed E-state index contributed by atoms with van der Waals surface area (Å²) in [6, 6.07) is 12.8. The highest BCUT2D eigenvalue weighted by molar-refractivity contribution is 5.98. The molecule has 0 heterocycles. The van der Waals surface area contributed by atoms with Crippen LogP contribution in [0, 0.1) is 11.7 Å². The van der Waals surface area contributed by atoms with Crippen LogP contribution in [0.1, 0.15) is 28.8 Å². The van der Waals surface area contributed by atoms with E-state index in [2.05, 4.69) is 10.6 Å². The molecule has 2 aromatic carbocycles. The van der Waals surface area contributed by atoms with Crippen LogP contribution in [0.3, 0.4) is 0 Å². The lowest BCUT2D eigenvalue weighted by atomic mass is 10.1. The standard InChI is InChI=1S/C18H17FN2O2/c19-15-8-4-12(5-9-15)11-20-17(22)14-2-1-3-16(10-14)21-18(23)13-6-7-13/h1-5,8-10,13H,6-7,11H2,(H,20,22)(H,21,23). The van der Waals surface area contributed by atoms with E-state index in [0.717, 1.165) is 18.4 Å². The second kappa shape index (κ2) is 6.60. The zero-order valence-electron chi connectivity index (χ0n) is 12.5. The van der Waals surface area contributed by atoms with Crippen molar-refractivity contribution >= 4 is 17.5 Å². The van der Waals surface area contributed by atoms with E-state index in [4.69, 9.17) is 0 Å². The van der Waals surface area contributed by atoms with E-state index in [1.165, 1.54) is 12.1 Å². The summed E-state index contributed by atoms with van der Waals surface area (Å²) in [6.45, 7) is 0.317. The van der Waals surface area contributed by atoms with E-state index in [-0.39, 0.29) is 23.5 Å². The van der Waals surface area contributed by atoms with Crippen LogP contribution < -0.4 is 10.6 Å². The summed E-state index contributed by atoms with van der Waals surface area (Å²) in [5.41, 5.74) is 1.91. The van der Waals surface area contributed by atoms with Crippen molar-refractivity contribution in [1.82, 2.24) is 5.32 Å². The molecule has 23 heavy (non-hydrogen) atoms. The van der Waals surface area contributed by atoms with Crippen molar-refractivity contribution in [3.8, 4) is 0 Å². The number of anilines is 1. The fraction of sp³-hybridized carbons (Fsp3) is 0.222. The fourth-order valence-corrected chi connectivity index (χ4v) is 2.21. The van der Waals surface area contributed by atoms with Gasteiger partial charge in [-0.3, -0.25) is 9.59 Å². The maximum atomic E-state index is 12.8. The molecule has 0 radical (unpaired) electrons. The Morgan fingerprint density at radius 2 is 1.83 bits per heavy atom. The van der Waals surface area contributed by atoms with Gasteiger partial charge in [-0.05, 0) is 48.7 Å². The zero-order valence-corrected chi connectivity index (χ0v) is 12.5. The Kier molecular flexibility index (Phi) is 4.37. The Hall–Kier alpha value is -2.69. The topological polar surface area (TPSA) is 58.2 Å². The van der Waals surface area contributed by atoms with Crippen LogP contribution in [-0.2, 0) is 11.3 Å². The molecule has 0 spiro atoms. The molecule has 0 aromatic heterocycles. The van der Waals surface area contributed by atoms with Crippen molar-refractivity contribution in [2.45, 2.75) is 19.4 Å². The third-order valence-corrected chi connectivity index (χ3v) is 3.71. The Morgan fingerprint density at radius 1 is 1.09 bits per heavy atom. The predicted molar refractivity (Wildman–Crippen MR) is 85.4 cm³/mol. The number of halogens is 1. The summed E-state index contributed by atoms with van der Waals surface area (Å²) in [6.07, 6.45) is 1.87. The van der Waals surface area contributed by atoms with Crippen molar-refractivity contribution in [2.75, 3.05) is 5.32 Å². The SMILES string of the molecule is O=C(NCc1ccc(F)cc1)c1cccc(NC(=O)C2CC2)c1. The van der Waals surface area contributed by atoms with Crippen LogP contribution in [0.2, 0.25) is 0 Å². The monoisotopic (exact) mass is 312 g/mol. The minimum atomic E-state index is -0.306. The van der Waals surface area contributed by atoms with E-state index in [9.17, 15) is 14.0 Å². The minimum absolute atomic E-state index is 0.00821. The minimum Gasteiger partial charge on any atom is -0.348 e. The smallest absolute Gasteiger partial charge is 0.251 e. The average molecular weight is 312 g/mol. The number of benzene rings is 2. The molecule has 5 heteroatoms. The summed E-state index contributed by atoms with van der Waals surface area (Å²) in [5.74, 6) is -0.421. The van der Waals surface area contributed by atoms with Gasteiger partial charge in [0.2, 0.25) is 5.91 Å². The molecule has 4 nitrogen and oxygen atoms in total. The first kappa shape index (κ1) is 15.2. The zero-order chi connectivity index (χ0) is 16.2. The molecule has 2 amide bonds. The van der Waals surface area contributed by atoms with Crippen LogP contribution in [0.5, 0.6) is 0 Å². The molecule has 1 saturated carbocycles. The molecule has 1 aliphatic carbocycles. The third-order valence-electron chi connectivity index (χ3n) is 3.71. The van der Waals surface area contributed by atoms with Gasteiger partial charge < -0.3 is 10.6 Å². The van der Waals surface area contributed by atoms with Gasteiger partial charge in [0.05, 0.1) is 0 Å². The van der Waals surface area contributed by atoms with Crippen molar-refractivity contribution in [2.24, 2.45) is 5.92 Å². The fourth-order valence-electron chi connectivity index (χ4n) is 2.21. The third kappa shape index (κ3) is 4.16. The van der Waals surface area contributed by atoms with Gasteiger partial charge in [0.1, 0.15) is 5.82 Å². The highest BCUT2D eigenvalue weighted by Gasteiger charge is 2.29. The molecule has 1 aliphatic rings. The molecule has 1 fully saturated rings. The molecule has 0 saturated heterocycles. The van der Waals surface area contributed by atoms with Crippen LogP contribution in [-0.4, -0.2) is 11.8 Å². The number of hydrogen-bond acceptors (Lipinski definition) is 2. The van der Waals surface area contributed by atoms with Crippen LogP contribution in [0.15, 0.2) is 48.5 Å². The maximum Gasteiger partial charge on any atom is 0.251 e. The molecule has 0 atom stereocenters. The van der Waals surface area contributed by atoms with Gasteiger partial charge in [-0.1, -0.05) is 18.2 Å². The molecule has 0 bridgehead atoms. The molecular weight excluding hydrogens is 295 g/mol.